The Morgan fingerprint density at radius 3 is 2.44 bits per heavy atom. The van der Waals surface area contributed by atoms with Crippen LogP contribution >= 0.6 is 0 Å². The Kier molecular flexibility index (Phi) is 4.88. The van der Waals surface area contributed by atoms with Crippen LogP contribution in [0.2, 0.25) is 0 Å². The summed E-state index contributed by atoms with van der Waals surface area (Å²) in [5.74, 6) is -0.106. The van der Waals surface area contributed by atoms with Gasteiger partial charge in [0.15, 0.2) is 6.61 Å². The van der Waals surface area contributed by atoms with Crippen LogP contribution in [0.3, 0.4) is 0 Å². The molecule has 4 rings (SSSR count). The molecule has 4 fully saturated rings. The van der Waals surface area contributed by atoms with Gasteiger partial charge in [0.25, 0.3) is 0 Å². The lowest BCUT2D eigenvalue weighted by Gasteiger charge is -2.60. The monoisotopic (exact) mass is 347 g/mol. The van der Waals surface area contributed by atoms with Crippen molar-refractivity contribution in [2.75, 3.05) is 13.2 Å². The van der Waals surface area contributed by atoms with Crippen LogP contribution in [0.25, 0.3) is 0 Å². The molecule has 0 aromatic carbocycles. The zero-order chi connectivity index (χ0) is 18.1. The van der Waals surface area contributed by atoms with Crippen molar-refractivity contribution in [1.29, 1.82) is 5.26 Å². The Bertz CT molecular complexity index is 606. The molecular weight excluding hydrogens is 322 g/mol. The molecule has 136 valence electrons. The number of nitriles is 1. The maximum atomic E-state index is 12.2. The van der Waals surface area contributed by atoms with Crippen molar-refractivity contribution in [2.24, 2.45) is 11.8 Å². The van der Waals surface area contributed by atoms with Gasteiger partial charge >= 0.3 is 11.9 Å². The first-order chi connectivity index (χ1) is 11.9. The van der Waals surface area contributed by atoms with Gasteiger partial charge in [-0.3, -0.25) is 0 Å². The molecule has 0 spiro atoms. The molecule has 0 N–H and O–H groups in total. The quantitative estimate of drug-likeness (QED) is 0.400. The number of esters is 2. The zero-order valence-electron chi connectivity index (χ0n) is 14.7. The lowest BCUT2D eigenvalue weighted by atomic mass is 9.52. The lowest BCUT2D eigenvalue weighted by molar-refractivity contribution is -0.235. The number of rotatable bonds is 7. The van der Waals surface area contributed by atoms with E-state index < -0.39 is 17.5 Å². The summed E-state index contributed by atoms with van der Waals surface area (Å²) in [5.41, 5.74) is -0.522. The third-order valence-corrected chi connectivity index (χ3v) is 5.58. The number of carbonyl (C=O) groups excluding carboxylic acids is 2. The fourth-order valence-corrected chi connectivity index (χ4v) is 5.22. The van der Waals surface area contributed by atoms with Gasteiger partial charge in [0.2, 0.25) is 0 Å². The molecule has 0 saturated heterocycles. The summed E-state index contributed by atoms with van der Waals surface area (Å²) in [7, 11) is 0. The maximum Gasteiger partial charge on any atom is 0.344 e. The minimum atomic E-state index is -0.584. The number of hydrogen-bond acceptors (Lipinski definition) is 6. The largest absolute Gasteiger partial charge is 0.456 e. The van der Waals surface area contributed by atoms with Gasteiger partial charge in [-0.2, -0.15) is 5.26 Å². The van der Waals surface area contributed by atoms with Crippen LogP contribution in [0, 0.1) is 23.2 Å². The molecule has 0 aliphatic heterocycles. The second-order valence-electron chi connectivity index (χ2n) is 7.91. The van der Waals surface area contributed by atoms with Crippen LogP contribution < -0.4 is 0 Å². The van der Waals surface area contributed by atoms with E-state index in [0.29, 0.717) is 31.3 Å². The van der Waals surface area contributed by atoms with E-state index in [1.54, 1.807) is 0 Å². The van der Waals surface area contributed by atoms with Crippen LogP contribution in [0.15, 0.2) is 12.2 Å². The van der Waals surface area contributed by atoms with Crippen LogP contribution in [0.4, 0.5) is 0 Å². The van der Waals surface area contributed by atoms with Gasteiger partial charge in [-0.15, -0.1) is 0 Å². The van der Waals surface area contributed by atoms with Gasteiger partial charge in [-0.1, -0.05) is 6.58 Å². The van der Waals surface area contributed by atoms with Gasteiger partial charge in [0.05, 0.1) is 24.7 Å². The highest BCUT2D eigenvalue weighted by Gasteiger charge is 2.60. The van der Waals surface area contributed by atoms with Crippen LogP contribution in [-0.2, 0) is 23.8 Å². The first kappa shape index (κ1) is 17.9. The minimum Gasteiger partial charge on any atom is -0.456 e. The molecule has 0 aromatic heterocycles. The molecule has 0 aromatic rings. The highest BCUT2D eigenvalue weighted by Crippen LogP contribution is 2.60. The van der Waals surface area contributed by atoms with Crippen molar-refractivity contribution in [2.45, 2.75) is 63.1 Å². The molecule has 6 nitrogen and oxygen atoms in total. The second-order valence-corrected chi connectivity index (χ2v) is 7.91. The van der Waals surface area contributed by atoms with E-state index in [1.165, 1.54) is 6.92 Å². The fraction of sp³-hybridized carbons (Fsp3) is 0.737. The minimum absolute atomic E-state index is 0.257. The molecule has 4 saturated carbocycles. The summed E-state index contributed by atoms with van der Waals surface area (Å²) in [6.45, 7) is 5.07. The SMILES string of the molecule is C=C(C)C(=O)OCC(=O)OC12CC3CC(CC(OCCC#N)(C3)C1)C2. The zero-order valence-corrected chi connectivity index (χ0v) is 14.7. The molecule has 6 heteroatoms. The highest BCUT2D eigenvalue weighted by atomic mass is 16.6. The fourth-order valence-electron chi connectivity index (χ4n) is 5.22. The van der Waals surface area contributed by atoms with Crippen molar-refractivity contribution < 1.29 is 23.8 Å². The van der Waals surface area contributed by atoms with Crippen molar-refractivity contribution in [3.63, 3.8) is 0 Å². The topological polar surface area (TPSA) is 85.6 Å². The summed E-state index contributed by atoms with van der Waals surface area (Å²) >= 11 is 0. The Morgan fingerprint density at radius 1 is 1.20 bits per heavy atom. The van der Waals surface area contributed by atoms with Gasteiger partial charge in [-0.25, -0.2) is 9.59 Å². The van der Waals surface area contributed by atoms with E-state index in [1.807, 2.05) is 0 Å². The van der Waals surface area contributed by atoms with Gasteiger partial charge in [0, 0.05) is 12.0 Å². The lowest BCUT2D eigenvalue weighted by Crippen LogP contribution is -2.61. The molecule has 4 aliphatic rings. The van der Waals surface area contributed by atoms with Gasteiger partial charge in [0.1, 0.15) is 5.60 Å². The average Bonchev–Trinajstić information content (AvgIpc) is 2.50. The molecule has 2 atom stereocenters. The Labute approximate surface area is 148 Å². The van der Waals surface area contributed by atoms with Crippen molar-refractivity contribution in [1.82, 2.24) is 0 Å². The molecule has 4 bridgehead atoms. The van der Waals surface area contributed by atoms with E-state index in [-0.39, 0.29) is 17.8 Å². The predicted octanol–water partition coefficient (Wildman–Crippen LogP) is 2.67. The summed E-state index contributed by atoms with van der Waals surface area (Å²) in [5, 5.41) is 8.74. The Hall–Kier alpha value is -1.87. The molecule has 4 aliphatic carbocycles. The number of ether oxygens (including phenoxy) is 3. The number of nitrogens with zero attached hydrogens (tertiary/aromatic N) is 1. The third-order valence-electron chi connectivity index (χ3n) is 5.58. The highest BCUT2D eigenvalue weighted by molar-refractivity contribution is 5.88. The van der Waals surface area contributed by atoms with E-state index in [9.17, 15) is 9.59 Å². The molecule has 0 heterocycles. The van der Waals surface area contributed by atoms with Crippen LogP contribution in [0.5, 0.6) is 0 Å². The average molecular weight is 347 g/mol. The standard InChI is InChI=1S/C19H25NO5/c1-13(2)17(22)23-11-16(21)25-19-9-14-6-15(10-19)8-18(7-14,12-19)24-5-3-4-20/h14-15H,1,3,5-12H2,2H3. The smallest absolute Gasteiger partial charge is 0.344 e. The van der Waals surface area contributed by atoms with Crippen LogP contribution in [0.1, 0.15) is 51.9 Å². The predicted molar refractivity (Wildman–Crippen MR) is 88.2 cm³/mol. The Morgan fingerprint density at radius 2 is 1.84 bits per heavy atom. The summed E-state index contributed by atoms with van der Waals surface area (Å²) < 4.78 is 16.8. The van der Waals surface area contributed by atoms with E-state index >= 15 is 0 Å². The van der Waals surface area contributed by atoms with E-state index in [2.05, 4.69) is 12.6 Å². The Balaban J connectivity index is 1.63. The summed E-state index contributed by atoms with van der Waals surface area (Å²) in [4.78, 5) is 23.6. The molecule has 0 radical (unpaired) electrons. The van der Waals surface area contributed by atoms with E-state index in [4.69, 9.17) is 19.5 Å². The third kappa shape index (κ3) is 3.87. The van der Waals surface area contributed by atoms with Crippen LogP contribution in [-0.4, -0.2) is 36.4 Å². The second kappa shape index (κ2) is 6.80. The molecule has 25 heavy (non-hydrogen) atoms. The molecule has 2 unspecified atom stereocenters. The van der Waals surface area contributed by atoms with Crippen molar-refractivity contribution in [3.05, 3.63) is 12.2 Å². The maximum absolute atomic E-state index is 12.2. The van der Waals surface area contributed by atoms with Gasteiger partial charge < -0.3 is 14.2 Å². The van der Waals surface area contributed by atoms with Gasteiger partial charge in [-0.05, 0) is 50.9 Å². The first-order valence-electron chi connectivity index (χ1n) is 8.91. The van der Waals surface area contributed by atoms with E-state index in [0.717, 1.165) is 32.1 Å². The van der Waals surface area contributed by atoms with Crippen molar-refractivity contribution >= 4 is 11.9 Å². The summed E-state index contributed by atoms with van der Waals surface area (Å²) in [6, 6.07) is 2.11. The summed E-state index contributed by atoms with van der Waals surface area (Å²) in [6.07, 6.45) is 5.89. The first-order valence-corrected chi connectivity index (χ1v) is 8.91. The van der Waals surface area contributed by atoms with Crippen molar-refractivity contribution in [3.8, 4) is 6.07 Å². The molecular formula is C19H25NO5. The number of hydrogen-bond donors (Lipinski definition) is 0. The normalized spacial score (nSPS) is 35.0. The molecule has 0 amide bonds. The number of carbonyl (C=O) groups is 2.